The van der Waals surface area contributed by atoms with Gasteiger partial charge in [-0.15, -0.1) is 0 Å². The lowest BCUT2D eigenvalue weighted by Gasteiger charge is -2.41. The quantitative estimate of drug-likeness (QED) is 0.860. The zero-order chi connectivity index (χ0) is 17.2. The standard InChI is InChI=1S/C19H18FN3O2/c20-15-7-4-8-16(11-15)25-17-12-22(13-17)19(24)23-18(9-10-21-23)14-5-2-1-3-6-14/h1-8,10-11,17-18H,9,12-13H2. The van der Waals surface area contributed by atoms with Crippen molar-refractivity contribution in [2.75, 3.05) is 13.1 Å². The molecule has 0 spiro atoms. The Kier molecular flexibility index (Phi) is 4.09. The molecule has 1 saturated heterocycles. The lowest BCUT2D eigenvalue weighted by Crippen LogP contribution is -2.58. The van der Waals surface area contributed by atoms with Gasteiger partial charge in [-0.2, -0.15) is 5.10 Å². The first-order valence-corrected chi connectivity index (χ1v) is 8.28. The van der Waals surface area contributed by atoms with Crippen LogP contribution in [0.1, 0.15) is 18.0 Å². The first-order valence-electron chi connectivity index (χ1n) is 8.28. The molecule has 25 heavy (non-hydrogen) atoms. The minimum Gasteiger partial charge on any atom is -0.487 e. The number of benzene rings is 2. The molecule has 2 aliphatic rings. The van der Waals surface area contributed by atoms with E-state index >= 15 is 0 Å². The number of carbonyl (C=O) groups is 1. The van der Waals surface area contributed by atoms with Gasteiger partial charge in [0.2, 0.25) is 0 Å². The number of hydrogen-bond acceptors (Lipinski definition) is 3. The average Bonchev–Trinajstić information content (AvgIpc) is 3.08. The highest BCUT2D eigenvalue weighted by atomic mass is 19.1. The van der Waals surface area contributed by atoms with Gasteiger partial charge in [0, 0.05) is 18.7 Å². The van der Waals surface area contributed by atoms with Crippen molar-refractivity contribution >= 4 is 12.2 Å². The Bertz CT molecular complexity index is 790. The highest BCUT2D eigenvalue weighted by Crippen LogP contribution is 2.30. The summed E-state index contributed by atoms with van der Waals surface area (Å²) in [6.45, 7) is 0.950. The van der Waals surface area contributed by atoms with Crippen molar-refractivity contribution < 1.29 is 13.9 Å². The van der Waals surface area contributed by atoms with Crippen molar-refractivity contribution in [3.8, 4) is 5.75 Å². The molecule has 4 rings (SSSR count). The molecule has 2 amide bonds. The van der Waals surface area contributed by atoms with E-state index in [4.69, 9.17) is 4.74 Å². The third-order valence-electron chi connectivity index (χ3n) is 4.43. The van der Waals surface area contributed by atoms with Gasteiger partial charge in [-0.05, 0) is 17.7 Å². The molecule has 5 nitrogen and oxygen atoms in total. The molecule has 0 N–H and O–H groups in total. The summed E-state index contributed by atoms with van der Waals surface area (Å²) in [5, 5.41) is 5.78. The van der Waals surface area contributed by atoms with Crippen LogP contribution in [0.2, 0.25) is 0 Å². The van der Waals surface area contributed by atoms with E-state index in [-0.39, 0.29) is 24.0 Å². The van der Waals surface area contributed by atoms with Crippen LogP contribution >= 0.6 is 0 Å². The number of urea groups is 1. The number of likely N-dealkylation sites (tertiary alicyclic amines) is 1. The Labute approximate surface area is 145 Å². The number of hydrogen-bond donors (Lipinski definition) is 0. The van der Waals surface area contributed by atoms with Crippen molar-refractivity contribution in [2.45, 2.75) is 18.6 Å². The summed E-state index contributed by atoms with van der Waals surface area (Å²) in [6.07, 6.45) is 2.37. The van der Waals surface area contributed by atoms with Crippen LogP contribution in [0.4, 0.5) is 9.18 Å². The third kappa shape index (κ3) is 3.20. The Morgan fingerprint density at radius 3 is 2.68 bits per heavy atom. The molecule has 0 saturated carbocycles. The van der Waals surface area contributed by atoms with Gasteiger partial charge in [0.05, 0.1) is 19.1 Å². The Morgan fingerprint density at radius 2 is 1.92 bits per heavy atom. The SMILES string of the molecule is O=C(N1CC(Oc2cccc(F)c2)C1)N1N=CCC1c1ccccc1. The summed E-state index contributed by atoms with van der Waals surface area (Å²) in [6, 6.07) is 15.7. The maximum atomic E-state index is 13.2. The number of hydrazone groups is 1. The molecule has 0 aromatic heterocycles. The first-order chi connectivity index (χ1) is 12.2. The molecule has 0 bridgehead atoms. The van der Waals surface area contributed by atoms with Gasteiger partial charge in [-0.1, -0.05) is 36.4 Å². The topological polar surface area (TPSA) is 45.1 Å². The summed E-state index contributed by atoms with van der Waals surface area (Å²) in [5.74, 6) is 0.153. The molecule has 2 aliphatic heterocycles. The predicted octanol–water partition coefficient (Wildman–Crippen LogP) is 3.44. The zero-order valence-electron chi connectivity index (χ0n) is 13.6. The monoisotopic (exact) mass is 339 g/mol. The average molecular weight is 339 g/mol. The van der Waals surface area contributed by atoms with E-state index in [0.717, 1.165) is 5.56 Å². The first kappa shape index (κ1) is 15.6. The van der Waals surface area contributed by atoms with E-state index in [0.29, 0.717) is 25.3 Å². The number of amides is 2. The molecule has 1 fully saturated rings. The lowest BCUT2D eigenvalue weighted by molar-refractivity contribution is 0.0276. The molecule has 128 valence electrons. The fourth-order valence-electron chi connectivity index (χ4n) is 3.10. The summed E-state index contributed by atoms with van der Waals surface area (Å²) < 4.78 is 18.9. The fourth-order valence-corrected chi connectivity index (χ4v) is 3.10. The fraction of sp³-hybridized carbons (Fsp3) is 0.263. The van der Waals surface area contributed by atoms with Crippen LogP contribution in [-0.2, 0) is 0 Å². The minimum atomic E-state index is -0.332. The van der Waals surface area contributed by atoms with Crippen molar-refractivity contribution in [3.05, 3.63) is 66.0 Å². The molecule has 2 aromatic carbocycles. The number of nitrogens with zero attached hydrogens (tertiary/aromatic N) is 3. The predicted molar refractivity (Wildman–Crippen MR) is 91.9 cm³/mol. The van der Waals surface area contributed by atoms with Gasteiger partial charge in [0.25, 0.3) is 0 Å². The van der Waals surface area contributed by atoms with E-state index in [2.05, 4.69) is 5.10 Å². The van der Waals surface area contributed by atoms with E-state index in [1.165, 1.54) is 17.1 Å². The summed E-state index contributed by atoms with van der Waals surface area (Å²) in [4.78, 5) is 14.4. The second kappa shape index (κ2) is 6.55. The van der Waals surface area contributed by atoms with Crippen molar-refractivity contribution in [1.29, 1.82) is 0 Å². The smallest absolute Gasteiger partial charge is 0.341 e. The largest absolute Gasteiger partial charge is 0.487 e. The van der Waals surface area contributed by atoms with E-state index in [1.807, 2.05) is 30.3 Å². The van der Waals surface area contributed by atoms with Crippen LogP contribution in [-0.4, -0.2) is 41.3 Å². The third-order valence-corrected chi connectivity index (χ3v) is 4.43. The molecular formula is C19H18FN3O2. The van der Waals surface area contributed by atoms with Gasteiger partial charge in [0.1, 0.15) is 17.7 Å². The Morgan fingerprint density at radius 1 is 1.12 bits per heavy atom. The molecular weight excluding hydrogens is 321 g/mol. The van der Waals surface area contributed by atoms with Crippen LogP contribution in [0.15, 0.2) is 59.7 Å². The van der Waals surface area contributed by atoms with Gasteiger partial charge >= 0.3 is 6.03 Å². The number of carbonyl (C=O) groups excluding carboxylic acids is 1. The maximum Gasteiger partial charge on any atom is 0.341 e. The lowest BCUT2D eigenvalue weighted by atomic mass is 10.0. The van der Waals surface area contributed by atoms with E-state index in [1.54, 1.807) is 23.2 Å². The molecule has 0 aliphatic carbocycles. The van der Waals surface area contributed by atoms with Crippen LogP contribution < -0.4 is 4.74 Å². The Hall–Kier alpha value is -2.89. The van der Waals surface area contributed by atoms with Gasteiger partial charge in [-0.25, -0.2) is 14.2 Å². The van der Waals surface area contributed by atoms with Crippen LogP contribution in [0.25, 0.3) is 0 Å². The number of halogens is 1. The number of ether oxygens (including phenoxy) is 1. The normalized spacial score (nSPS) is 19.8. The van der Waals surface area contributed by atoms with Crippen LogP contribution in [0, 0.1) is 5.82 Å². The maximum absolute atomic E-state index is 13.2. The molecule has 6 heteroatoms. The van der Waals surface area contributed by atoms with Crippen molar-refractivity contribution in [2.24, 2.45) is 5.10 Å². The van der Waals surface area contributed by atoms with E-state index in [9.17, 15) is 9.18 Å². The zero-order valence-corrected chi connectivity index (χ0v) is 13.6. The molecule has 1 unspecified atom stereocenters. The summed E-state index contributed by atoms with van der Waals surface area (Å²) in [5.41, 5.74) is 1.07. The van der Waals surface area contributed by atoms with Crippen LogP contribution in [0.3, 0.4) is 0 Å². The van der Waals surface area contributed by atoms with Crippen molar-refractivity contribution in [3.63, 3.8) is 0 Å². The van der Waals surface area contributed by atoms with Crippen molar-refractivity contribution in [1.82, 2.24) is 9.91 Å². The molecule has 1 atom stereocenters. The van der Waals surface area contributed by atoms with Gasteiger partial charge in [-0.3, -0.25) is 0 Å². The highest BCUT2D eigenvalue weighted by molar-refractivity contribution is 5.79. The minimum absolute atomic E-state index is 0.0584. The summed E-state index contributed by atoms with van der Waals surface area (Å²) >= 11 is 0. The number of rotatable bonds is 3. The second-order valence-corrected chi connectivity index (χ2v) is 6.19. The second-order valence-electron chi connectivity index (χ2n) is 6.19. The molecule has 0 radical (unpaired) electrons. The molecule has 2 aromatic rings. The van der Waals surface area contributed by atoms with Gasteiger partial charge < -0.3 is 9.64 Å². The van der Waals surface area contributed by atoms with Crippen LogP contribution in [0.5, 0.6) is 5.75 Å². The summed E-state index contributed by atoms with van der Waals surface area (Å²) in [7, 11) is 0. The van der Waals surface area contributed by atoms with Gasteiger partial charge in [0.15, 0.2) is 0 Å². The highest BCUT2D eigenvalue weighted by Gasteiger charge is 2.38. The van der Waals surface area contributed by atoms with E-state index < -0.39 is 0 Å². The molecule has 2 heterocycles. The Balaban J connectivity index is 1.36.